The molecule has 0 aliphatic heterocycles. The van der Waals surface area contributed by atoms with Crippen LogP contribution in [0.3, 0.4) is 0 Å². The van der Waals surface area contributed by atoms with Gasteiger partial charge in [0.15, 0.2) is 0 Å². The molecule has 0 spiro atoms. The molecule has 1 rings (SSSR count). The van der Waals surface area contributed by atoms with Crippen LogP contribution in [0.5, 0.6) is 0 Å². The summed E-state index contributed by atoms with van der Waals surface area (Å²) in [6.07, 6.45) is 2.73. The second-order valence-electron chi connectivity index (χ2n) is 2.00. The van der Waals surface area contributed by atoms with Crippen molar-refractivity contribution >= 4 is 17.7 Å². The first-order valence-corrected chi connectivity index (χ1v) is 3.46. The molecule has 1 aromatic carbocycles. The van der Waals surface area contributed by atoms with Crippen LogP contribution in [-0.2, 0) is 0 Å². The Kier molecular flexibility index (Phi) is 2.49. The first kappa shape index (κ1) is 8.08. The van der Waals surface area contributed by atoms with Crippen molar-refractivity contribution < 1.29 is 4.39 Å². The Morgan fingerprint density at radius 2 is 2.18 bits per heavy atom. The molecule has 0 unspecified atom stereocenters. The molecule has 3 heteroatoms. The van der Waals surface area contributed by atoms with Crippen LogP contribution in [-0.4, -0.2) is 0 Å². The molecule has 2 N–H and O–H groups in total. The Morgan fingerprint density at radius 3 is 2.82 bits per heavy atom. The summed E-state index contributed by atoms with van der Waals surface area (Å²) in [6.45, 7) is 0. The monoisotopic (exact) mass is 171 g/mol. The van der Waals surface area contributed by atoms with E-state index in [-0.39, 0.29) is 5.02 Å². The first-order valence-electron chi connectivity index (χ1n) is 3.08. The third kappa shape index (κ3) is 1.71. The van der Waals surface area contributed by atoms with Crippen LogP contribution in [0, 0.1) is 5.82 Å². The van der Waals surface area contributed by atoms with Gasteiger partial charge in [0.25, 0.3) is 0 Å². The van der Waals surface area contributed by atoms with Gasteiger partial charge in [0.05, 0.1) is 5.02 Å². The molecule has 0 radical (unpaired) electrons. The van der Waals surface area contributed by atoms with E-state index in [1.54, 1.807) is 12.1 Å². The third-order valence-corrected chi connectivity index (χ3v) is 1.55. The minimum Gasteiger partial charge on any atom is -0.405 e. The van der Waals surface area contributed by atoms with E-state index in [0.29, 0.717) is 5.56 Å². The Labute approximate surface area is 69.3 Å². The molecule has 1 nitrogen and oxygen atoms in total. The van der Waals surface area contributed by atoms with Gasteiger partial charge in [-0.05, 0) is 18.3 Å². The predicted octanol–water partition coefficient (Wildman–Crippen LogP) is 2.41. The van der Waals surface area contributed by atoms with Crippen LogP contribution in [0.4, 0.5) is 4.39 Å². The molecule has 58 valence electrons. The zero-order valence-electron chi connectivity index (χ0n) is 5.72. The first-order chi connectivity index (χ1) is 5.25. The van der Waals surface area contributed by atoms with Gasteiger partial charge in [-0.25, -0.2) is 4.39 Å². The highest BCUT2D eigenvalue weighted by molar-refractivity contribution is 6.30. The Morgan fingerprint density at radius 1 is 1.45 bits per heavy atom. The fourth-order valence-electron chi connectivity index (χ4n) is 0.753. The van der Waals surface area contributed by atoms with Gasteiger partial charge in [0.1, 0.15) is 5.82 Å². The minimum atomic E-state index is -0.434. The molecule has 11 heavy (non-hydrogen) atoms. The van der Waals surface area contributed by atoms with Gasteiger partial charge in [-0.3, -0.25) is 0 Å². The molecule has 0 heterocycles. The molecule has 0 amide bonds. The van der Waals surface area contributed by atoms with Gasteiger partial charge in [0, 0.05) is 5.56 Å². The average molecular weight is 172 g/mol. The maximum absolute atomic E-state index is 12.9. The van der Waals surface area contributed by atoms with E-state index in [1.165, 1.54) is 18.3 Å². The summed E-state index contributed by atoms with van der Waals surface area (Å²) in [7, 11) is 0. The van der Waals surface area contributed by atoms with Crippen molar-refractivity contribution in [2.24, 2.45) is 5.73 Å². The van der Waals surface area contributed by atoms with Gasteiger partial charge in [0.2, 0.25) is 0 Å². The second-order valence-corrected chi connectivity index (χ2v) is 2.41. The molecule has 1 aromatic rings. The standard InChI is InChI=1S/C8H7ClFN/c9-7-3-1-2-6(4-5-11)8(7)10/h1-5H,11H2/b5-4+. The van der Waals surface area contributed by atoms with E-state index in [1.807, 2.05) is 0 Å². The van der Waals surface area contributed by atoms with E-state index in [9.17, 15) is 4.39 Å². The summed E-state index contributed by atoms with van der Waals surface area (Å²) in [5.74, 6) is -0.434. The highest BCUT2D eigenvalue weighted by atomic mass is 35.5. The number of hydrogen-bond acceptors (Lipinski definition) is 1. The Balaban J connectivity index is 3.16. The average Bonchev–Trinajstić information content (AvgIpc) is 1.99. The van der Waals surface area contributed by atoms with Gasteiger partial charge >= 0.3 is 0 Å². The quantitative estimate of drug-likeness (QED) is 0.690. The molecule has 0 saturated carbocycles. The van der Waals surface area contributed by atoms with Crippen molar-refractivity contribution in [3.8, 4) is 0 Å². The van der Waals surface area contributed by atoms with Gasteiger partial charge < -0.3 is 5.73 Å². The molecule has 0 saturated heterocycles. The summed E-state index contributed by atoms with van der Waals surface area (Å²) in [4.78, 5) is 0. The number of benzene rings is 1. The van der Waals surface area contributed by atoms with Crippen molar-refractivity contribution in [2.75, 3.05) is 0 Å². The summed E-state index contributed by atoms with van der Waals surface area (Å²) in [6, 6.07) is 4.76. The number of hydrogen-bond donors (Lipinski definition) is 1. The van der Waals surface area contributed by atoms with E-state index in [4.69, 9.17) is 17.3 Å². The molecule has 0 aliphatic carbocycles. The smallest absolute Gasteiger partial charge is 0.149 e. The Bertz CT molecular complexity index is 283. The zero-order chi connectivity index (χ0) is 8.27. The van der Waals surface area contributed by atoms with Crippen LogP contribution in [0.15, 0.2) is 24.4 Å². The van der Waals surface area contributed by atoms with Crippen LogP contribution in [0.25, 0.3) is 6.08 Å². The van der Waals surface area contributed by atoms with Crippen LogP contribution >= 0.6 is 11.6 Å². The largest absolute Gasteiger partial charge is 0.405 e. The van der Waals surface area contributed by atoms with Crippen molar-refractivity contribution in [2.45, 2.75) is 0 Å². The highest BCUT2D eigenvalue weighted by Gasteiger charge is 2.01. The third-order valence-electron chi connectivity index (χ3n) is 1.26. The Hall–Kier alpha value is -1.02. The highest BCUT2D eigenvalue weighted by Crippen LogP contribution is 2.18. The van der Waals surface area contributed by atoms with Crippen LogP contribution in [0.2, 0.25) is 5.02 Å². The molecule has 0 bridgehead atoms. The number of halogens is 2. The lowest BCUT2D eigenvalue weighted by Crippen LogP contribution is -1.84. The molecular formula is C8H7ClFN. The predicted molar refractivity (Wildman–Crippen MR) is 44.6 cm³/mol. The SMILES string of the molecule is N/C=C/c1cccc(Cl)c1F. The second kappa shape index (κ2) is 3.39. The summed E-state index contributed by atoms with van der Waals surface area (Å²) >= 11 is 5.50. The van der Waals surface area contributed by atoms with E-state index >= 15 is 0 Å². The maximum Gasteiger partial charge on any atom is 0.149 e. The van der Waals surface area contributed by atoms with Gasteiger partial charge in [-0.1, -0.05) is 23.7 Å². The zero-order valence-corrected chi connectivity index (χ0v) is 6.48. The molecule has 0 aliphatic rings. The topological polar surface area (TPSA) is 26.0 Å². The van der Waals surface area contributed by atoms with Gasteiger partial charge in [-0.2, -0.15) is 0 Å². The van der Waals surface area contributed by atoms with E-state index < -0.39 is 5.82 Å². The van der Waals surface area contributed by atoms with Crippen molar-refractivity contribution in [1.29, 1.82) is 0 Å². The molecule has 0 fully saturated rings. The van der Waals surface area contributed by atoms with Gasteiger partial charge in [-0.15, -0.1) is 0 Å². The minimum absolute atomic E-state index is 0.112. The summed E-state index contributed by atoms with van der Waals surface area (Å²) in [5, 5.41) is 0.112. The van der Waals surface area contributed by atoms with Crippen molar-refractivity contribution in [1.82, 2.24) is 0 Å². The lowest BCUT2D eigenvalue weighted by molar-refractivity contribution is 0.625. The lowest BCUT2D eigenvalue weighted by Gasteiger charge is -1.96. The van der Waals surface area contributed by atoms with Crippen molar-refractivity contribution in [3.63, 3.8) is 0 Å². The van der Waals surface area contributed by atoms with Crippen LogP contribution < -0.4 is 5.73 Å². The van der Waals surface area contributed by atoms with Crippen molar-refractivity contribution in [3.05, 3.63) is 40.8 Å². The number of nitrogens with two attached hydrogens (primary N) is 1. The summed E-state index contributed by atoms with van der Waals surface area (Å²) in [5.41, 5.74) is 5.49. The lowest BCUT2D eigenvalue weighted by atomic mass is 10.2. The normalized spacial score (nSPS) is 10.7. The fourth-order valence-corrected chi connectivity index (χ4v) is 0.935. The maximum atomic E-state index is 12.9. The number of rotatable bonds is 1. The van der Waals surface area contributed by atoms with E-state index in [0.717, 1.165) is 0 Å². The molecular weight excluding hydrogens is 165 g/mol. The van der Waals surface area contributed by atoms with Crippen LogP contribution in [0.1, 0.15) is 5.56 Å². The molecule has 0 aromatic heterocycles. The summed E-state index contributed by atoms with van der Waals surface area (Å²) < 4.78 is 12.9. The molecule has 0 atom stereocenters. The van der Waals surface area contributed by atoms with E-state index in [2.05, 4.69) is 0 Å². The fraction of sp³-hybridized carbons (Fsp3) is 0.